The number of likely N-dealkylation sites (tertiary alicyclic amines) is 1. The number of amides is 1. The minimum Gasteiger partial charge on any atom is -0.379 e. The van der Waals surface area contributed by atoms with E-state index in [-0.39, 0.29) is 24.4 Å². The zero-order chi connectivity index (χ0) is 21.7. The zero-order valence-electron chi connectivity index (χ0n) is 18.1. The highest BCUT2D eigenvalue weighted by atomic mass is 32.2. The molecule has 0 unspecified atom stereocenters. The highest BCUT2D eigenvalue weighted by Gasteiger charge is 2.37. The van der Waals surface area contributed by atoms with E-state index in [2.05, 4.69) is 34.5 Å². The van der Waals surface area contributed by atoms with Crippen molar-refractivity contribution >= 4 is 16.1 Å². The molecular weight excluding hydrogens is 416 g/mol. The molecule has 8 nitrogen and oxygen atoms in total. The molecule has 0 saturated carbocycles. The van der Waals surface area contributed by atoms with Gasteiger partial charge in [0.1, 0.15) is 0 Å². The van der Waals surface area contributed by atoms with Gasteiger partial charge < -0.3 is 10.1 Å². The number of carbonyl (C=O) groups is 1. The standard InChI is InChI=1S/C22H34N4O4S/c27-22(23-21-8-11-24(12-9-21)17-19-5-2-1-3-6-19)20-7-4-10-26(18-20)31(28,29)25-13-15-30-16-14-25/h1-3,5-6,20-21H,4,7-18H2,(H,23,27)/t20-/m1/s1. The van der Waals surface area contributed by atoms with Crippen LogP contribution in [0.25, 0.3) is 0 Å². The van der Waals surface area contributed by atoms with Crippen LogP contribution in [0.1, 0.15) is 31.2 Å². The summed E-state index contributed by atoms with van der Waals surface area (Å²) < 4.78 is 34.1. The van der Waals surface area contributed by atoms with Crippen LogP contribution in [-0.2, 0) is 26.3 Å². The second kappa shape index (κ2) is 10.4. The lowest BCUT2D eigenvalue weighted by Crippen LogP contribution is -2.54. The summed E-state index contributed by atoms with van der Waals surface area (Å²) >= 11 is 0. The number of nitrogens with one attached hydrogen (secondary N) is 1. The first-order chi connectivity index (χ1) is 15.0. The summed E-state index contributed by atoms with van der Waals surface area (Å²) in [6.07, 6.45) is 3.33. The third-order valence-corrected chi connectivity index (χ3v) is 8.56. The van der Waals surface area contributed by atoms with Crippen molar-refractivity contribution in [3.05, 3.63) is 35.9 Å². The summed E-state index contributed by atoms with van der Waals surface area (Å²) in [5.41, 5.74) is 1.31. The van der Waals surface area contributed by atoms with Crippen LogP contribution >= 0.6 is 0 Å². The predicted octanol–water partition coefficient (Wildman–Crippen LogP) is 1.06. The van der Waals surface area contributed by atoms with Crippen LogP contribution in [0, 0.1) is 5.92 Å². The third-order valence-electron chi connectivity index (χ3n) is 6.56. The molecule has 3 aliphatic heterocycles. The quantitative estimate of drug-likeness (QED) is 0.701. The van der Waals surface area contributed by atoms with Crippen molar-refractivity contribution < 1.29 is 17.9 Å². The summed E-state index contributed by atoms with van der Waals surface area (Å²) in [4.78, 5) is 15.3. The maximum absolute atomic E-state index is 12.9. The van der Waals surface area contributed by atoms with Crippen LogP contribution < -0.4 is 5.32 Å². The molecule has 1 aromatic carbocycles. The number of carbonyl (C=O) groups excluding carboxylic acids is 1. The Kier molecular flexibility index (Phi) is 7.60. The molecule has 0 spiro atoms. The fourth-order valence-corrected chi connectivity index (χ4v) is 6.37. The molecule has 1 amide bonds. The Morgan fingerprint density at radius 3 is 2.39 bits per heavy atom. The molecule has 0 aliphatic carbocycles. The van der Waals surface area contributed by atoms with E-state index in [4.69, 9.17) is 4.74 Å². The largest absolute Gasteiger partial charge is 0.379 e. The maximum Gasteiger partial charge on any atom is 0.282 e. The van der Waals surface area contributed by atoms with Crippen molar-refractivity contribution in [2.45, 2.75) is 38.3 Å². The van der Waals surface area contributed by atoms with E-state index in [0.717, 1.165) is 45.3 Å². The number of morpholine rings is 1. The molecule has 9 heteroatoms. The molecule has 1 N–H and O–H groups in total. The highest BCUT2D eigenvalue weighted by Crippen LogP contribution is 2.23. The fraction of sp³-hybridized carbons (Fsp3) is 0.682. The smallest absolute Gasteiger partial charge is 0.282 e. The topological polar surface area (TPSA) is 82.2 Å². The highest BCUT2D eigenvalue weighted by molar-refractivity contribution is 7.86. The molecule has 172 valence electrons. The molecular formula is C22H34N4O4S. The summed E-state index contributed by atoms with van der Waals surface area (Å²) in [5.74, 6) is -0.268. The Morgan fingerprint density at radius 1 is 0.968 bits per heavy atom. The number of rotatable bonds is 6. The van der Waals surface area contributed by atoms with Gasteiger partial charge in [0.2, 0.25) is 5.91 Å². The van der Waals surface area contributed by atoms with Gasteiger partial charge in [-0.25, -0.2) is 0 Å². The Hall–Kier alpha value is -1.52. The third kappa shape index (κ3) is 5.84. The lowest BCUT2D eigenvalue weighted by atomic mass is 9.97. The second-order valence-corrected chi connectivity index (χ2v) is 10.7. The molecule has 3 aliphatic rings. The number of ether oxygens (including phenoxy) is 1. The first-order valence-corrected chi connectivity index (χ1v) is 12.8. The van der Waals surface area contributed by atoms with E-state index < -0.39 is 10.2 Å². The molecule has 3 saturated heterocycles. The van der Waals surface area contributed by atoms with Crippen LogP contribution in [0.3, 0.4) is 0 Å². The van der Waals surface area contributed by atoms with Crippen molar-refractivity contribution in [3.63, 3.8) is 0 Å². The van der Waals surface area contributed by atoms with Crippen molar-refractivity contribution in [2.75, 3.05) is 52.5 Å². The molecule has 3 fully saturated rings. The van der Waals surface area contributed by atoms with E-state index in [1.54, 1.807) is 0 Å². The monoisotopic (exact) mass is 450 g/mol. The van der Waals surface area contributed by atoms with Crippen LogP contribution in [-0.4, -0.2) is 86.4 Å². The summed E-state index contributed by atoms with van der Waals surface area (Å²) in [5, 5.41) is 3.20. The fourth-order valence-electron chi connectivity index (χ4n) is 4.70. The first kappa shape index (κ1) is 22.7. The van der Waals surface area contributed by atoms with E-state index in [0.29, 0.717) is 32.8 Å². The second-order valence-electron chi connectivity index (χ2n) is 8.76. The Bertz CT molecular complexity index is 821. The molecule has 0 bridgehead atoms. The van der Waals surface area contributed by atoms with Gasteiger partial charge >= 0.3 is 0 Å². The van der Waals surface area contributed by atoms with Gasteiger partial charge in [0.05, 0.1) is 19.1 Å². The average molecular weight is 451 g/mol. The lowest BCUT2D eigenvalue weighted by Gasteiger charge is -2.37. The van der Waals surface area contributed by atoms with Crippen molar-refractivity contribution in [1.29, 1.82) is 0 Å². The normalized spacial score (nSPS) is 25.4. The van der Waals surface area contributed by atoms with E-state index >= 15 is 0 Å². The summed E-state index contributed by atoms with van der Waals surface area (Å²) in [7, 11) is -3.52. The van der Waals surface area contributed by atoms with Crippen LogP contribution in [0.4, 0.5) is 0 Å². The van der Waals surface area contributed by atoms with Gasteiger partial charge in [-0.2, -0.15) is 17.0 Å². The minimum atomic E-state index is -3.52. The Morgan fingerprint density at radius 2 is 1.68 bits per heavy atom. The molecule has 1 atom stereocenters. The van der Waals surface area contributed by atoms with Gasteiger partial charge in [-0.1, -0.05) is 30.3 Å². The zero-order valence-corrected chi connectivity index (χ0v) is 18.9. The van der Waals surface area contributed by atoms with Crippen LogP contribution in [0.2, 0.25) is 0 Å². The molecule has 4 rings (SSSR count). The van der Waals surface area contributed by atoms with Gasteiger partial charge in [0.15, 0.2) is 0 Å². The van der Waals surface area contributed by atoms with Crippen molar-refractivity contribution in [3.8, 4) is 0 Å². The summed E-state index contributed by atoms with van der Waals surface area (Å²) in [6.45, 7) is 5.26. The van der Waals surface area contributed by atoms with Crippen molar-refractivity contribution in [2.24, 2.45) is 5.92 Å². The molecule has 3 heterocycles. The number of hydrogen-bond donors (Lipinski definition) is 1. The number of benzene rings is 1. The predicted molar refractivity (Wildman–Crippen MR) is 118 cm³/mol. The molecule has 0 aromatic heterocycles. The number of hydrogen-bond acceptors (Lipinski definition) is 5. The van der Waals surface area contributed by atoms with E-state index in [1.807, 2.05) is 6.07 Å². The van der Waals surface area contributed by atoms with E-state index in [1.165, 1.54) is 14.2 Å². The van der Waals surface area contributed by atoms with Gasteiger partial charge in [-0.05, 0) is 31.2 Å². The first-order valence-electron chi connectivity index (χ1n) is 11.4. The van der Waals surface area contributed by atoms with Crippen LogP contribution in [0.15, 0.2) is 30.3 Å². The van der Waals surface area contributed by atoms with Crippen LogP contribution in [0.5, 0.6) is 0 Å². The van der Waals surface area contributed by atoms with Gasteiger partial charge in [-0.15, -0.1) is 0 Å². The van der Waals surface area contributed by atoms with Gasteiger partial charge in [-0.3, -0.25) is 9.69 Å². The molecule has 0 radical (unpaired) electrons. The SMILES string of the molecule is O=C(NC1CCN(Cc2ccccc2)CC1)[C@@H]1CCCN(S(=O)(=O)N2CCOCC2)C1. The number of nitrogens with zero attached hydrogens (tertiary/aromatic N) is 3. The van der Waals surface area contributed by atoms with Crippen molar-refractivity contribution in [1.82, 2.24) is 18.8 Å². The number of piperidine rings is 2. The Labute approximate surface area is 185 Å². The van der Waals surface area contributed by atoms with E-state index in [9.17, 15) is 13.2 Å². The Balaban J connectivity index is 1.25. The lowest BCUT2D eigenvalue weighted by molar-refractivity contribution is -0.127. The molecule has 31 heavy (non-hydrogen) atoms. The maximum atomic E-state index is 12.9. The van der Waals surface area contributed by atoms with Gasteiger partial charge in [0.25, 0.3) is 10.2 Å². The molecule has 1 aromatic rings. The minimum absolute atomic E-state index is 0.00314. The van der Waals surface area contributed by atoms with Gasteiger partial charge in [0, 0.05) is 51.9 Å². The average Bonchev–Trinajstić information content (AvgIpc) is 2.82. The summed E-state index contributed by atoms with van der Waals surface area (Å²) in [6, 6.07) is 10.6.